The molecule has 0 aliphatic carbocycles. The van der Waals surface area contributed by atoms with Crippen LogP contribution in [0.25, 0.3) is 0 Å². The van der Waals surface area contributed by atoms with Crippen molar-refractivity contribution in [2.24, 2.45) is 0 Å². The number of aromatic carboxylic acids is 2. The van der Waals surface area contributed by atoms with Crippen molar-refractivity contribution in [2.45, 2.75) is 6.10 Å². The summed E-state index contributed by atoms with van der Waals surface area (Å²) in [5.41, 5.74) is -0.208. The van der Waals surface area contributed by atoms with E-state index in [0.717, 1.165) is 18.2 Å². The highest BCUT2D eigenvalue weighted by atomic mass is 16.4. The first-order valence-corrected chi connectivity index (χ1v) is 4.38. The van der Waals surface area contributed by atoms with Gasteiger partial charge in [0.05, 0.1) is 17.2 Å². The summed E-state index contributed by atoms with van der Waals surface area (Å²) in [7, 11) is 0. The van der Waals surface area contributed by atoms with E-state index < -0.39 is 18.0 Å². The molecule has 5 nitrogen and oxygen atoms in total. The van der Waals surface area contributed by atoms with Crippen LogP contribution in [0.4, 0.5) is 0 Å². The summed E-state index contributed by atoms with van der Waals surface area (Å²) in [4.78, 5) is 21.5. The fourth-order valence-electron chi connectivity index (χ4n) is 1.26. The molecule has 3 N–H and O–H groups in total. The molecule has 1 rings (SSSR count). The highest BCUT2D eigenvalue weighted by molar-refractivity contribution is 5.93. The third-order valence-corrected chi connectivity index (χ3v) is 2.07. The zero-order valence-electron chi connectivity index (χ0n) is 8.25. The highest BCUT2D eigenvalue weighted by Crippen LogP contribution is 2.21. The molecule has 16 heavy (non-hydrogen) atoms. The van der Waals surface area contributed by atoms with Crippen LogP contribution in [0.15, 0.2) is 30.9 Å². The zero-order valence-corrected chi connectivity index (χ0v) is 8.25. The van der Waals surface area contributed by atoms with Crippen LogP contribution in [0.2, 0.25) is 0 Å². The van der Waals surface area contributed by atoms with Gasteiger partial charge in [-0.15, -0.1) is 6.58 Å². The molecule has 1 atom stereocenters. The third-order valence-electron chi connectivity index (χ3n) is 2.07. The van der Waals surface area contributed by atoms with Crippen molar-refractivity contribution in [3.05, 3.63) is 47.5 Å². The van der Waals surface area contributed by atoms with Gasteiger partial charge in [-0.05, 0) is 23.8 Å². The molecule has 0 radical (unpaired) electrons. The molecule has 0 heterocycles. The molecular weight excluding hydrogens is 212 g/mol. The maximum absolute atomic E-state index is 10.8. The molecule has 1 aromatic rings. The summed E-state index contributed by atoms with van der Waals surface area (Å²) in [5, 5.41) is 27.1. The van der Waals surface area contributed by atoms with Crippen molar-refractivity contribution in [3.8, 4) is 0 Å². The van der Waals surface area contributed by atoms with E-state index in [1.54, 1.807) is 0 Å². The minimum absolute atomic E-state index is 0.0161. The van der Waals surface area contributed by atoms with Crippen molar-refractivity contribution >= 4 is 11.9 Å². The van der Waals surface area contributed by atoms with Crippen LogP contribution in [-0.4, -0.2) is 27.3 Å². The number of aliphatic hydroxyl groups is 1. The Morgan fingerprint density at radius 2 is 1.88 bits per heavy atom. The Bertz CT molecular complexity index is 450. The second kappa shape index (κ2) is 4.59. The number of carboxylic acids is 2. The number of hydrogen-bond donors (Lipinski definition) is 3. The van der Waals surface area contributed by atoms with Crippen LogP contribution in [0.5, 0.6) is 0 Å². The molecule has 0 aromatic heterocycles. The first-order chi connectivity index (χ1) is 7.47. The molecule has 0 bridgehead atoms. The number of carboxylic acid groups (broad SMARTS) is 2. The van der Waals surface area contributed by atoms with E-state index in [2.05, 4.69) is 6.58 Å². The summed E-state index contributed by atoms with van der Waals surface area (Å²) in [5.74, 6) is -2.41. The normalized spacial score (nSPS) is 11.8. The molecule has 1 unspecified atom stereocenters. The SMILES string of the molecule is C=CC(O)c1cc(C(=O)O)ccc1C(=O)O. The van der Waals surface area contributed by atoms with Gasteiger partial charge in [0, 0.05) is 0 Å². The summed E-state index contributed by atoms with van der Waals surface area (Å²) >= 11 is 0. The van der Waals surface area contributed by atoms with Gasteiger partial charge in [-0.2, -0.15) is 0 Å². The van der Waals surface area contributed by atoms with Gasteiger partial charge in [-0.3, -0.25) is 0 Å². The lowest BCUT2D eigenvalue weighted by Gasteiger charge is -2.10. The van der Waals surface area contributed by atoms with Crippen LogP contribution in [0, 0.1) is 0 Å². The average molecular weight is 222 g/mol. The van der Waals surface area contributed by atoms with Gasteiger partial charge in [0.2, 0.25) is 0 Å². The average Bonchev–Trinajstić information content (AvgIpc) is 2.26. The number of benzene rings is 1. The molecular formula is C11H10O5. The van der Waals surface area contributed by atoms with E-state index in [4.69, 9.17) is 10.2 Å². The van der Waals surface area contributed by atoms with Crippen LogP contribution in [-0.2, 0) is 0 Å². The maximum atomic E-state index is 10.8. The molecule has 0 aliphatic heterocycles. The quantitative estimate of drug-likeness (QED) is 0.667. The van der Waals surface area contributed by atoms with Gasteiger partial charge in [0.15, 0.2) is 0 Å². The first kappa shape index (κ1) is 11.9. The van der Waals surface area contributed by atoms with Crippen LogP contribution in [0.1, 0.15) is 32.4 Å². The van der Waals surface area contributed by atoms with Crippen molar-refractivity contribution in [2.75, 3.05) is 0 Å². The lowest BCUT2D eigenvalue weighted by atomic mass is 9.99. The summed E-state index contributed by atoms with van der Waals surface area (Å²) in [6.45, 7) is 3.32. The number of rotatable bonds is 4. The molecule has 0 saturated carbocycles. The van der Waals surface area contributed by atoms with Gasteiger partial charge in [0.1, 0.15) is 0 Å². The van der Waals surface area contributed by atoms with E-state index >= 15 is 0 Å². The minimum atomic E-state index is -1.23. The van der Waals surface area contributed by atoms with Crippen molar-refractivity contribution in [1.29, 1.82) is 0 Å². The molecule has 0 aliphatic rings. The van der Waals surface area contributed by atoms with Gasteiger partial charge < -0.3 is 15.3 Å². The lowest BCUT2D eigenvalue weighted by Crippen LogP contribution is -2.08. The Kier molecular flexibility index (Phi) is 3.42. The smallest absolute Gasteiger partial charge is 0.336 e. The number of aliphatic hydroxyl groups excluding tert-OH is 1. The van der Waals surface area contributed by atoms with Gasteiger partial charge in [-0.25, -0.2) is 9.59 Å². The molecule has 0 amide bonds. The van der Waals surface area contributed by atoms with E-state index in [1.807, 2.05) is 0 Å². The predicted octanol–water partition coefficient (Wildman–Crippen LogP) is 1.30. The lowest BCUT2D eigenvalue weighted by molar-refractivity contribution is 0.0677. The van der Waals surface area contributed by atoms with Gasteiger partial charge in [-0.1, -0.05) is 6.08 Å². The predicted molar refractivity (Wildman–Crippen MR) is 55.5 cm³/mol. The number of hydrogen-bond acceptors (Lipinski definition) is 3. The molecule has 0 saturated heterocycles. The third kappa shape index (κ3) is 2.26. The minimum Gasteiger partial charge on any atom is -0.478 e. The van der Waals surface area contributed by atoms with Crippen molar-refractivity contribution in [1.82, 2.24) is 0 Å². The van der Waals surface area contributed by atoms with Crippen LogP contribution >= 0.6 is 0 Å². The Morgan fingerprint density at radius 3 is 2.31 bits per heavy atom. The summed E-state index contributed by atoms with van der Waals surface area (Å²) in [6.07, 6.45) is -0.0710. The molecule has 0 fully saturated rings. The van der Waals surface area contributed by atoms with Crippen LogP contribution < -0.4 is 0 Å². The van der Waals surface area contributed by atoms with Crippen molar-refractivity contribution in [3.63, 3.8) is 0 Å². The van der Waals surface area contributed by atoms with Crippen molar-refractivity contribution < 1.29 is 24.9 Å². The Hall–Kier alpha value is -2.14. The fourth-order valence-corrected chi connectivity index (χ4v) is 1.26. The second-order valence-electron chi connectivity index (χ2n) is 3.09. The van der Waals surface area contributed by atoms with Gasteiger partial charge >= 0.3 is 11.9 Å². The van der Waals surface area contributed by atoms with E-state index in [9.17, 15) is 14.7 Å². The fraction of sp³-hybridized carbons (Fsp3) is 0.0909. The monoisotopic (exact) mass is 222 g/mol. The first-order valence-electron chi connectivity index (χ1n) is 4.38. The Morgan fingerprint density at radius 1 is 1.25 bits per heavy atom. The summed E-state index contributed by atoms with van der Waals surface area (Å²) < 4.78 is 0. The maximum Gasteiger partial charge on any atom is 0.336 e. The largest absolute Gasteiger partial charge is 0.478 e. The number of carbonyl (C=O) groups is 2. The van der Waals surface area contributed by atoms with E-state index in [0.29, 0.717) is 0 Å². The molecule has 0 spiro atoms. The Balaban J connectivity index is 3.37. The standard InChI is InChI=1S/C11H10O5/c1-2-9(12)8-5-6(10(13)14)3-4-7(8)11(15)16/h2-5,9,12H,1H2,(H,13,14)(H,15,16). The topological polar surface area (TPSA) is 94.8 Å². The van der Waals surface area contributed by atoms with E-state index in [-0.39, 0.29) is 16.7 Å². The van der Waals surface area contributed by atoms with Crippen LogP contribution in [0.3, 0.4) is 0 Å². The van der Waals surface area contributed by atoms with Gasteiger partial charge in [0.25, 0.3) is 0 Å². The van der Waals surface area contributed by atoms with E-state index in [1.165, 1.54) is 6.07 Å². The Labute approximate surface area is 91.3 Å². The molecule has 1 aromatic carbocycles. The highest BCUT2D eigenvalue weighted by Gasteiger charge is 2.17. The second-order valence-corrected chi connectivity index (χ2v) is 3.09. The molecule has 84 valence electrons. The molecule has 5 heteroatoms. The zero-order chi connectivity index (χ0) is 12.3. The summed E-state index contributed by atoms with van der Waals surface area (Å²) in [6, 6.07) is 3.44.